The van der Waals surface area contributed by atoms with Gasteiger partial charge in [0, 0.05) is 17.6 Å². The van der Waals surface area contributed by atoms with Gasteiger partial charge in [-0.3, -0.25) is 14.0 Å². The Morgan fingerprint density at radius 3 is 2.67 bits per heavy atom. The number of nitrogens with zero attached hydrogens (tertiary/aromatic N) is 4. The van der Waals surface area contributed by atoms with Crippen LogP contribution in [0.15, 0.2) is 36.4 Å². The molecule has 0 unspecified atom stereocenters. The summed E-state index contributed by atoms with van der Waals surface area (Å²) in [6.45, 7) is 2.03. The van der Waals surface area contributed by atoms with E-state index >= 15 is 0 Å². The Hall–Kier alpha value is -3.60. The molecule has 0 spiro atoms. The lowest BCUT2D eigenvalue weighted by atomic mass is 9.85. The number of para-hydroxylation sites is 1. The molecule has 11 heteroatoms. The van der Waals surface area contributed by atoms with E-state index in [1.54, 1.807) is 4.90 Å². The molecular formula is C28H32N4O6S. The Morgan fingerprint density at radius 1 is 1.10 bits per heavy atom. The standard InChI is InChI=1S/C28H32N4O6S/c1-17-10-11-21-23(31(17)28(35)38-2)12-13-24-26(21)29-25(32(24)20-8-5-7-18(14-20)27(33)34)15-30-22-9-4-3-6-19(22)16-39(30,36)37/h3-4,6,9,12-13,17-18,20H,5,7-8,10-11,14-16H2,1-2H3,(H,33,34)/t17-,18+,20+/m0/s1. The molecule has 1 amide bonds. The first-order chi connectivity index (χ1) is 18.7. The van der Waals surface area contributed by atoms with Crippen LogP contribution in [0.3, 0.4) is 0 Å². The van der Waals surface area contributed by atoms with Gasteiger partial charge in [0.15, 0.2) is 0 Å². The Balaban J connectivity index is 1.51. The number of benzene rings is 2. The number of aromatic nitrogens is 2. The van der Waals surface area contributed by atoms with Gasteiger partial charge in [-0.2, -0.15) is 0 Å². The van der Waals surface area contributed by atoms with Crippen molar-refractivity contribution in [1.29, 1.82) is 0 Å². The van der Waals surface area contributed by atoms with Crippen LogP contribution in [0.1, 0.15) is 62.0 Å². The molecule has 2 aromatic carbocycles. The van der Waals surface area contributed by atoms with E-state index in [0.29, 0.717) is 30.8 Å². The molecule has 3 aliphatic rings. The summed E-state index contributed by atoms with van der Waals surface area (Å²) < 4.78 is 35.0. The summed E-state index contributed by atoms with van der Waals surface area (Å²) in [6.07, 6.45) is 3.66. The number of ether oxygens (including phenoxy) is 1. The van der Waals surface area contributed by atoms with E-state index in [-0.39, 0.29) is 24.4 Å². The van der Waals surface area contributed by atoms with E-state index in [0.717, 1.165) is 47.1 Å². The molecule has 2 aliphatic heterocycles. The van der Waals surface area contributed by atoms with Crippen LogP contribution in [0.25, 0.3) is 11.0 Å². The summed E-state index contributed by atoms with van der Waals surface area (Å²) in [5.41, 5.74) is 4.64. The van der Waals surface area contributed by atoms with Crippen molar-refractivity contribution in [1.82, 2.24) is 9.55 Å². The average Bonchev–Trinajstić information content (AvgIpc) is 3.42. The second-order valence-corrected chi connectivity index (χ2v) is 12.7. The number of carboxylic acid groups (broad SMARTS) is 1. The number of hydrogen-bond donors (Lipinski definition) is 1. The normalized spacial score (nSPS) is 23.9. The summed E-state index contributed by atoms with van der Waals surface area (Å²) in [6, 6.07) is 11.0. The minimum Gasteiger partial charge on any atom is -0.481 e. The molecule has 3 atom stereocenters. The van der Waals surface area contributed by atoms with Crippen molar-refractivity contribution in [2.75, 3.05) is 16.3 Å². The van der Waals surface area contributed by atoms with E-state index in [1.165, 1.54) is 11.4 Å². The van der Waals surface area contributed by atoms with Crippen molar-refractivity contribution in [3.63, 3.8) is 0 Å². The number of carbonyl (C=O) groups is 2. The van der Waals surface area contributed by atoms with E-state index in [9.17, 15) is 23.1 Å². The number of aryl methyl sites for hydroxylation is 1. The minimum atomic E-state index is -3.59. The van der Waals surface area contributed by atoms with Gasteiger partial charge in [-0.05, 0) is 62.8 Å². The third kappa shape index (κ3) is 4.23. The molecule has 0 saturated heterocycles. The van der Waals surface area contributed by atoms with Crippen LogP contribution in [0.4, 0.5) is 16.2 Å². The quantitative estimate of drug-likeness (QED) is 0.502. The number of aliphatic carboxylic acids is 1. The topological polar surface area (TPSA) is 122 Å². The van der Waals surface area contributed by atoms with E-state index < -0.39 is 28.0 Å². The summed E-state index contributed by atoms with van der Waals surface area (Å²) in [7, 11) is -2.22. The maximum absolute atomic E-state index is 13.2. The molecule has 1 fully saturated rings. The van der Waals surface area contributed by atoms with Gasteiger partial charge in [-0.25, -0.2) is 18.2 Å². The van der Waals surface area contributed by atoms with Crippen LogP contribution in [0, 0.1) is 5.92 Å². The largest absolute Gasteiger partial charge is 0.481 e. The highest BCUT2D eigenvalue weighted by atomic mass is 32.2. The van der Waals surface area contributed by atoms with Crippen molar-refractivity contribution in [3.8, 4) is 0 Å². The van der Waals surface area contributed by atoms with Crippen molar-refractivity contribution < 1.29 is 27.9 Å². The van der Waals surface area contributed by atoms with E-state index in [1.807, 2.05) is 43.3 Å². The highest BCUT2D eigenvalue weighted by Gasteiger charge is 2.37. The second-order valence-electron chi connectivity index (χ2n) is 10.8. The molecule has 1 saturated carbocycles. The summed E-state index contributed by atoms with van der Waals surface area (Å²) in [5, 5.41) is 9.77. The summed E-state index contributed by atoms with van der Waals surface area (Å²) in [5.74, 6) is -0.742. The van der Waals surface area contributed by atoms with Crippen molar-refractivity contribution >= 4 is 44.5 Å². The Morgan fingerprint density at radius 2 is 1.90 bits per heavy atom. The zero-order valence-electron chi connectivity index (χ0n) is 22.0. The number of fused-ring (bicyclic) bond motifs is 4. The maximum atomic E-state index is 13.2. The van der Waals surface area contributed by atoms with Gasteiger partial charge in [0.05, 0.1) is 47.7 Å². The molecule has 10 nitrogen and oxygen atoms in total. The molecule has 1 aliphatic carbocycles. The van der Waals surface area contributed by atoms with Gasteiger partial charge >= 0.3 is 12.1 Å². The highest BCUT2D eigenvalue weighted by Crippen LogP contribution is 2.42. The van der Waals surface area contributed by atoms with Crippen LogP contribution in [0.2, 0.25) is 0 Å². The number of carboxylic acids is 1. The molecule has 39 heavy (non-hydrogen) atoms. The third-order valence-corrected chi connectivity index (χ3v) is 10.2. The molecule has 3 aromatic rings. The van der Waals surface area contributed by atoms with Crippen LogP contribution in [-0.2, 0) is 38.3 Å². The van der Waals surface area contributed by atoms with Crippen LogP contribution in [-0.4, -0.2) is 48.3 Å². The zero-order chi connectivity index (χ0) is 27.5. The predicted octanol–water partition coefficient (Wildman–Crippen LogP) is 4.61. The molecule has 3 heterocycles. The van der Waals surface area contributed by atoms with Gasteiger partial charge in [-0.1, -0.05) is 24.6 Å². The lowest BCUT2D eigenvalue weighted by Gasteiger charge is -2.34. The number of hydrogen-bond acceptors (Lipinski definition) is 6. The SMILES string of the molecule is COC(=O)N1c2ccc3c(nc(CN4c5ccccc5CS4(=O)=O)n3[C@@H]3CCC[C@@H](C(=O)O)C3)c2CC[C@@H]1C. The van der Waals surface area contributed by atoms with Gasteiger partial charge in [0.1, 0.15) is 5.82 Å². The monoisotopic (exact) mass is 552 g/mol. The molecule has 1 N–H and O–H groups in total. The van der Waals surface area contributed by atoms with E-state index in [4.69, 9.17) is 9.72 Å². The Bertz CT molecular complexity index is 1580. The van der Waals surface area contributed by atoms with Gasteiger partial charge in [-0.15, -0.1) is 0 Å². The third-order valence-electron chi connectivity index (χ3n) is 8.48. The fourth-order valence-electron chi connectivity index (χ4n) is 6.58. The fourth-order valence-corrected chi connectivity index (χ4v) is 8.16. The Kier molecular flexibility index (Phi) is 6.28. The lowest BCUT2D eigenvalue weighted by Crippen LogP contribution is -2.42. The van der Waals surface area contributed by atoms with Gasteiger partial charge in [0.25, 0.3) is 0 Å². The number of carbonyl (C=O) groups excluding carboxylic acids is 1. The first-order valence-electron chi connectivity index (χ1n) is 13.4. The van der Waals surface area contributed by atoms with Crippen LogP contribution < -0.4 is 9.21 Å². The minimum absolute atomic E-state index is 0.0372. The van der Waals surface area contributed by atoms with Gasteiger partial charge in [0.2, 0.25) is 10.0 Å². The number of sulfonamides is 1. The molecule has 0 bridgehead atoms. The van der Waals surface area contributed by atoms with Crippen molar-refractivity contribution in [2.45, 2.75) is 69.8 Å². The Labute approximate surface area is 227 Å². The number of imidazole rings is 1. The molecule has 0 radical (unpaired) electrons. The van der Waals surface area contributed by atoms with Crippen LogP contribution in [0.5, 0.6) is 0 Å². The van der Waals surface area contributed by atoms with Crippen molar-refractivity contribution in [2.24, 2.45) is 5.92 Å². The number of methoxy groups -OCH3 is 1. The molecular weight excluding hydrogens is 520 g/mol. The lowest BCUT2D eigenvalue weighted by molar-refractivity contribution is -0.143. The zero-order valence-corrected chi connectivity index (χ0v) is 22.9. The van der Waals surface area contributed by atoms with E-state index in [2.05, 4.69) is 4.57 Å². The smallest absolute Gasteiger partial charge is 0.414 e. The average molecular weight is 553 g/mol. The molecule has 206 valence electrons. The number of amides is 1. The van der Waals surface area contributed by atoms with Crippen LogP contribution >= 0.6 is 0 Å². The molecule has 6 rings (SSSR count). The number of anilines is 2. The van der Waals surface area contributed by atoms with Gasteiger partial charge < -0.3 is 14.4 Å². The number of rotatable bonds is 4. The first kappa shape index (κ1) is 25.7. The summed E-state index contributed by atoms with van der Waals surface area (Å²) >= 11 is 0. The first-order valence-corrected chi connectivity index (χ1v) is 15.0. The van der Waals surface area contributed by atoms with Crippen molar-refractivity contribution in [3.05, 3.63) is 53.3 Å². The fraction of sp³-hybridized carbons (Fsp3) is 0.464. The highest BCUT2D eigenvalue weighted by molar-refractivity contribution is 7.92. The maximum Gasteiger partial charge on any atom is 0.414 e. The summed E-state index contributed by atoms with van der Waals surface area (Å²) in [4.78, 5) is 31.3. The molecule has 1 aromatic heterocycles. The second kappa shape index (κ2) is 9.55. The predicted molar refractivity (Wildman–Crippen MR) is 146 cm³/mol.